The minimum absolute atomic E-state index is 0.193. The number of benzene rings is 1. The van der Waals surface area contributed by atoms with E-state index in [4.69, 9.17) is 16.3 Å². The van der Waals surface area contributed by atoms with Gasteiger partial charge in [-0.25, -0.2) is 0 Å². The van der Waals surface area contributed by atoms with Crippen LogP contribution in [0.5, 0.6) is 5.75 Å². The van der Waals surface area contributed by atoms with Crippen LogP contribution in [0.25, 0.3) is 0 Å². The number of hydrazone groups is 1. The fourth-order valence-electron chi connectivity index (χ4n) is 1.64. The summed E-state index contributed by atoms with van der Waals surface area (Å²) in [6.07, 6.45) is 0.816. The first-order chi connectivity index (χ1) is 8.10. The number of nitrogens with zero attached hydrogens (tertiary/aromatic N) is 2. The van der Waals surface area contributed by atoms with Crippen LogP contribution in [0, 0.1) is 0 Å². The Bertz CT molecular complexity index is 392. The summed E-state index contributed by atoms with van der Waals surface area (Å²) in [7, 11) is 3.54. The molecule has 1 aromatic carbocycles. The van der Waals surface area contributed by atoms with Crippen molar-refractivity contribution >= 4 is 5.96 Å². The number of guanidine groups is 1. The molecule has 17 heavy (non-hydrogen) atoms. The van der Waals surface area contributed by atoms with Crippen LogP contribution in [0.15, 0.2) is 29.4 Å². The van der Waals surface area contributed by atoms with E-state index in [1.165, 1.54) is 0 Å². The molecule has 1 aromatic rings. The number of nitrogens with two attached hydrogens (primary N) is 2. The van der Waals surface area contributed by atoms with Crippen molar-refractivity contribution in [2.24, 2.45) is 16.7 Å². The number of methoxy groups -OCH3 is 1. The third kappa shape index (κ3) is 3.27. The number of para-hydroxylation sites is 1. The predicted molar refractivity (Wildman–Crippen MR) is 69.7 cm³/mol. The van der Waals surface area contributed by atoms with Gasteiger partial charge < -0.3 is 21.2 Å². The predicted octanol–water partition coefficient (Wildman–Crippen LogP) is 0.746. The molecule has 1 unspecified atom stereocenters. The van der Waals surface area contributed by atoms with Gasteiger partial charge in [0.2, 0.25) is 5.96 Å². The minimum Gasteiger partial charge on any atom is -0.496 e. The number of rotatable bonds is 4. The van der Waals surface area contributed by atoms with Gasteiger partial charge in [0.1, 0.15) is 5.75 Å². The van der Waals surface area contributed by atoms with E-state index < -0.39 is 0 Å². The van der Waals surface area contributed by atoms with Gasteiger partial charge in [-0.3, -0.25) is 0 Å². The molecule has 5 heteroatoms. The molecular formula is C12H20N4O. The van der Waals surface area contributed by atoms with Crippen molar-refractivity contribution < 1.29 is 4.74 Å². The highest BCUT2D eigenvalue weighted by Gasteiger charge is 2.14. The molecule has 0 heterocycles. The highest BCUT2D eigenvalue weighted by molar-refractivity contribution is 5.77. The summed E-state index contributed by atoms with van der Waals surface area (Å²) in [5.41, 5.74) is 6.80. The molecule has 4 N–H and O–H groups in total. The first-order valence-electron chi connectivity index (χ1n) is 5.48. The molecule has 0 saturated heterocycles. The van der Waals surface area contributed by atoms with Gasteiger partial charge in [0, 0.05) is 13.1 Å². The molecule has 0 aliphatic rings. The van der Waals surface area contributed by atoms with Crippen LogP contribution < -0.4 is 16.3 Å². The van der Waals surface area contributed by atoms with E-state index in [2.05, 4.69) is 12.0 Å². The second-order valence-electron chi connectivity index (χ2n) is 3.96. The van der Waals surface area contributed by atoms with Gasteiger partial charge in [0.15, 0.2) is 0 Å². The van der Waals surface area contributed by atoms with E-state index >= 15 is 0 Å². The molecule has 0 aliphatic carbocycles. The van der Waals surface area contributed by atoms with Gasteiger partial charge in [-0.15, -0.1) is 5.10 Å². The van der Waals surface area contributed by atoms with Gasteiger partial charge in [-0.1, -0.05) is 18.2 Å². The third-order valence-corrected chi connectivity index (χ3v) is 2.86. The smallest absolute Gasteiger partial charge is 0.213 e. The summed E-state index contributed by atoms with van der Waals surface area (Å²) < 4.78 is 5.31. The lowest BCUT2D eigenvalue weighted by Gasteiger charge is -2.25. The maximum Gasteiger partial charge on any atom is 0.213 e. The van der Waals surface area contributed by atoms with Crippen LogP contribution in [0.4, 0.5) is 0 Å². The van der Waals surface area contributed by atoms with E-state index in [0.29, 0.717) is 5.96 Å². The standard InChI is InChI=1S/C12H20N4O/c1-9(16(2)12(13)15-14)8-10-6-4-5-7-11(10)17-3/h4-7,9H,8,14H2,1-3H3,(H2,13,15). The number of ether oxygens (including phenoxy) is 1. The zero-order valence-electron chi connectivity index (χ0n) is 10.6. The Morgan fingerprint density at radius 3 is 2.71 bits per heavy atom. The van der Waals surface area contributed by atoms with Crippen molar-refractivity contribution in [1.29, 1.82) is 0 Å². The Kier molecular flexibility index (Phi) is 4.63. The largest absolute Gasteiger partial charge is 0.496 e. The lowest BCUT2D eigenvalue weighted by Crippen LogP contribution is -2.42. The van der Waals surface area contributed by atoms with E-state index in [0.717, 1.165) is 17.7 Å². The maximum absolute atomic E-state index is 5.66. The van der Waals surface area contributed by atoms with Gasteiger partial charge in [-0.05, 0) is 25.0 Å². The fraction of sp³-hybridized carbons (Fsp3) is 0.417. The molecule has 0 amide bonds. The molecule has 1 atom stereocenters. The molecule has 94 valence electrons. The maximum atomic E-state index is 5.66. The van der Waals surface area contributed by atoms with Crippen LogP contribution in [0.2, 0.25) is 0 Å². The van der Waals surface area contributed by atoms with E-state index in [1.54, 1.807) is 7.11 Å². The van der Waals surface area contributed by atoms with Crippen molar-refractivity contribution in [3.63, 3.8) is 0 Å². The van der Waals surface area contributed by atoms with Crippen molar-refractivity contribution in [2.45, 2.75) is 19.4 Å². The van der Waals surface area contributed by atoms with E-state index in [-0.39, 0.29) is 6.04 Å². The Balaban J connectivity index is 2.77. The van der Waals surface area contributed by atoms with Gasteiger partial charge in [0.05, 0.1) is 7.11 Å². The van der Waals surface area contributed by atoms with Crippen molar-refractivity contribution in [3.05, 3.63) is 29.8 Å². The molecule has 0 fully saturated rings. The monoisotopic (exact) mass is 236 g/mol. The Morgan fingerprint density at radius 2 is 2.12 bits per heavy atom. The third-order valence-electron chi connectivity index (χ3n) is 2.86. The molecule has 0 radical (unpaired) electrons. The second-order valence-corrected chi connectivity index (χ2v) is 3.96. The zero-order chi connectivity index (χ0) is 12.8. The SMILES string of the molecule is COc1ccccc1CC(C)N(C)C(N)=NN. The van der Waals surface area contributed by atoms with Crippen LogP contribution in [-0.2, 0) is 6.42 Å². The minimum atomic E-state index is 0.193. The number of likely N-dealkylation sites (N-methyl/N-ethyl adjacent to an activating group) is 1. The van der Waals surface area contributed by atoms with Crippen molar-refractivity contribution in [2.75, 3.05) is 14.2 Å². The normalized spacial score (nSPS) is 13.2. The van der Waals surface area contributed by atoms with Crippen molar-refractivity contribution in [1.82, 2.24) is 4.90 Å². The summed E-state index contributed by atoms with van der Waals surface area (Å²) in [5, 5.41) is 3.48. The molecular weight excluding hydrogens is 216 g/mol. The Morgan fingerprint density at radius 1 is 1.47 bits per heavy atom. The average Bonchev–Trinajstić information content (AvgIpc) is 2.37. The van der Waals surface area contributed by atoms with Crippen LogP contribution in [-0.4, -0.2) is 31.1 Å². The Labute approximate surface area is 102 Å². The average molecular weight is 236 g/mol. The molecule has 0 bridgehead atoms. The first kappa shape index (κ1) is 13.2. The zero-order valence-corrected chi connectivity index (χ0v) is 10.6. The lowest BCUT2D eigenvalue weighted by molar-refractivity contribution is 0.369. The van der Waals surface area contributed by atoms with Crippen LogP contribution >= 0.6 is 0 Å². The van der Waals surface area contributed by atoms with Gasteiger partial charge in [-0.2, -0.15) is 0 Å². The lowest BCUT2D eigenvalue weighted by atomic mass is 10.1. The van der Waals surface area contributed by atoms with E-state index in [1.807, 2.05) is 36.2 Å². The molecule has 0 spiro atoms. The van der Waals surface area contributed by atoms with Crippen LogP contribution in [0.1, 0.15) is 12.5 Å². The van der Waals surface area contributed by atoms with Crippen LogP contribution in [0.3, 0.4) is 0 Å². The molecule has 0 saturated carbocycles. The van der Waals surface area contributed by atoms with E-state index in [9.17, 15) is 0 Å². The summed E-state index contributed by atoms with van der Waals surface area (Å²) in [5.74, 6) is 6.37. The molecule has 0 aromatic heterocycles. The summed E-state index contributed by atoms with van der Waals surface area (Å²) in [6.45, 7) is 2.06. The number of hydrogen-bond donors (Lipinski definition) is 2. The first-order valence-corrected chi connectivity index (χ1v) is 5.48. The summed E-state index contributed by atoms with van der Waals surface area (Å²) >= 11 is 0. The molecule has 0 aliphatic heterocycles. The highest BCUT2D eigenvalue weighted by atomic mass is 16.5. The Hall–Kier alpha value is -1.91. The summed E-state index contributed by atoms with van der Waals surface area (Å²) in [6, 6.07) is 8.12. The van der Waals surface area contributed by atoms with Crippen molar-refractivity contribution in [3.8, 4) is 5.75 Å². The van der Waals surface area contributed by atoms with Gasteiger partial charge in [0.25, 0.3) is 0 Å². The quantitative estimate of drug-likeness (QED) is 0.350. The summed E-state index contributed by atoms with van der Waals surface area (Å²) in [4.78, 5) is 1.84. The van der Waals surface area contributed by atoms with Gasteiger partial charge >= 0.3 is 0 Å². The topological polar surface area (TPSA) is 76.9 Å². The number of hydrogen-bond acceptors (Lipinski definition) is 3. The highest BCUT2D eigenvalue weighted by Crippen LogP contribution is 2.19. The second kappa shape index (κ2) is 5.98. The molecule has 1 rings (SSSR count). The fourth-order valence-corrected chi connectivity index (χ4v) is 1.64. The molecule has 5 nitrogen and oxygen atoms in total.